The first-order valence-electron chi connectivity index (χ1n) is 3.95. The molecule has 14 heavy (non-hydrogen) atoms. The molecule has 0 aliphatic heterocycles. The molecule has 0 radical (unpaired) electrons. The maximum atomic E-state index is 8.73. The molecule has 70 valence electrons. The molecule has 0 saturated heterocycles. The predicted octanol–water partition coefficient (Wildman–Crippen LogP) is 4.23. The van der Waals surface area contributed by atoms with Crippen LogP contribution in [-0.2, 0) is 6.42 Å². The molecule has 0 fully saturated rings. The normalized spacial score (nSPS) is 10.4. The van der Waals surface area contributed by atoms with Crippen molar-refractivity contribution >= 4 is 55.6 Å². The van der Waals surface area contributed by atoms with E-state index in [4.69, 9.17) is 16.9 Å². The predicted molar refractivity (Wildman–Crippen MR) is 68.9 cm³/mol. The van der Waals surface area contributed by atoms with Crippen LogP contribution in [0.4, 0.5) is 0 Å². The van der Waals surface area contributed by atoms with Crippen molar-refractivity contribution in [2.24, 2.45) is 0 Å². The molecule has 1 heterocycles. The second-order valence-electron chi connectivity index (χ2n) is 2.82. The van der Waals surface area contributed by atoms with E-state index < -0.39 is 0 Å². The molecule has 0 atom stereocenters. The number of benzene rings is 1. The maximum Gasteiger partial charge on any atom is 0.0670 e. The molecule has 0 amide bonds. The fourth-order valence-corrected chi connectivity index (χ4v) is 3.79. The van der Waals surface area contributed by atoms with Crippen LogP contribution >= 0.6 is 45.5 Å². The summed E-state index contributed by atoms with van der Waals surface area (Å²) in [6, 6.07) is 6.10. The zero-order valence-electron chi connectivity index (χ0n) is 7.05. The Kier molecular flexibility index (Phi) is 2.96. The molecular weight excluding hydrogens is 329 g/mol. The Morgan fingerprint density at radius 2 is 2.36 bits per heavy atom. The number of halogens is 2. The first-order chi connectivity index (χ1) is 6.74. The van der Waals surface area contributed by atoms with E-state index in [9.17, 15) is 0 Å². The molecule has 0 bridgehead atoms. The zero-order valence-corrected chi connectivity index (χ0v) is 10.8. The van der Waals surface area contributed by atoms with Gasteiger partial charge in [-0.05, 0) is 45.7 Å². The second-order valence-corrected chi connectivity index (χ2v) is 5.30. The molecule has 1 nitrogen and oxygen atoms in total. The van der Waals surface area contributed by atoms with Crippen molar-refractivity contribution in [1.29, 1.82) is 5.26 Å². The Balaban J connectivity index is 2.81. The first kappa shape index (κ1) is 10.2. The van der Waals surface area contributed by atoms with Gasteiger partial charge in [0.25, 0.3) is 0 Å². The Morgan fingerprint density at radius 3 is 3.07 bits per heavy atom. The van der Waals surface area contributed by atoms with E-state index in [-0.39, 0.29) is 0 Å². The van der Waals surface area contributed by atoms with E-state index in [1.165, 1.54) is 0 Å². The van der Waals surface area contributed by atoms with Crippen molar-refractivity contribution in [2.45, 2.75) is 6.42 Å². The molecule has 2 aromatic rings. The summed E-state index contributed by atoms with van der Waals surface area (Å²) in [6.07, 6.45) is 0.451. The highest BCUT2D eigenvalue weighted by Gasteiger charge is 2.10. The molecule has 2 rings (SSSR count). The van der Waals surface area contributed by atoms with Gasteiger partial charge in [0.1, 0.15) is 0 Å². The Bertz CT molecular complexity index is 527. The quantitative estimate of drug-likeness (QED) is 0.717. The van der Waals surface area contributed by atoms with Crippen LogP contribution in [-0.4, -0.2) is 0 Å². The molecule has 0 aliphatic rings. The van der Waals surface area contributed by atoms with E-state index >= 15 is 0 Å². The molecule has 0 aliphatic carbocycles. The third-order valence-corrected chi connectivity index (χ3v) is 4.24. The molecule has 0 N–H and O–H groups in total. The Hall–Kier alpha value is -0.310. The van der Waals surface area contributed by atoms with Gasteiger partial charge in [-0.15, -0.1) is 11.3 Å². The summed E-state index contributed by atoms with van der Waals surface area (Å²) in [5, 5.41) is 12.6. The third kappa shape index (κ3) is 1.62. The minimum Gasteiger partial charge on any atom is -0.198 e. The molecular formula is C10H5ClINS. The lowest BCUT2D eigenvalue weighted by Gasteiger charge is -2.03. The van der Waals surface area contributed by atoms with Gasteiger partial charge in [0.2, 0.25) is 0 Å². The van der Waals surface area contributed by atoms with Crippen molar-refractivity contribution in [1.82, 2.24) is 0 Å². The van der Waals surface area contributed by atoms with Crippen LogP contribution in [0.25, 0.3) is 10.1 Å². The lowest BCUT2D eigenvalue weighted by Crippen LogP contribution is -1.87. The summed E-state index contributed by atoms with van der Waals surface area (Å²) in [6.45, 7) is 0. The number of thiophene rings is 1. The van der Waals surface area contributed by atoms with Gasteiger partial charge in [0.15, 0.2) is 0 Å². The Morgan fingerprint density at radius 1 is 1.57 bits per heavy atom. The molecule has 0 unspecified atom stereocenters. The molecule has 4 heteroatoms. The zero-order chi connectivity index (χ0) is 10.1. The van der Waals surface area contributed by atoms with Crippen LogP contribution in [0, 0.1) is 14.9 Å². The largest absolute Gasteiger partial charge is 0.198 e. The summed E-state index contributed by atoms with van der Waals surface area (Å²) >= 11 is 9.96. The fourth-order valence-electron chi connectivity index (χ4n) is 1.36. The van der Waals surface area contributed by atoms with E-state index in [2.05, 4.69) is 28.7 Å². The van der Waals surface area contributed by atoms with E-state index in [0.717, 1.165) is 24.2 Å². The van der Waals surface area contributed by atoms with Crippen molar-refractivity contribution in [3.05, 3.63) is 31.7 Å². The van der Waals surface area contributed by atoms with E-state index in [0.29, 0.717) is 6.42 Å². The van der Waals surface area contributed by atoms with Crippen LogP contribution in [0.2, 0.25) is 5.02 Å². The monoisotopic (exact) mass is 333 g/mol. The number of nitrogens with zero attached hydrogens (tertiary/aromatic N) is 1. The van der Waals surface area contributed by atoms with Crippen molar-refractivity contribution < 1.29 is 0 Å². The van der Waals surface area contributed by atoms with Crippen molar-refractivity contribution in [3.63, 3.8) is 0 Å². The summed E-state index contributed by atoms with van der Waals surface area (Å²) in [5.74, 6) is 0. The third-order valence-electron chi connectivity index (χ3n) is 1.99. The Labute approximate surface area is 104 Å². The van der Waals surface area contributed by atoms with Crippen LogP contribution in [0.5, 0.6) is 0 Å². The first-order valence-corrected chi connectivity index (χ1v) is 6.28. The van der Waals surface area contributed by atoms with Crippen LogP contribution in [0.1, 0.15) is 5.56 Å². The smallest absolute Gasteiger partial charge is 0.0670 e. The van der Waals surface area contributed by atoms with Gasteiger partial charge < -0.3 is 0 Å². The number of nitriles is 1. The van der Waals surface area contributed by atoms with Gasteiger partial charge in [-0.25, -0.2) is 0 Å². The second kappa shape index (κ2) is 4.05. The van der Waals surface area contributed by atoms with Crippen LogP contribution in [0.15, 0.2) is 17.5 Å². The maximum absolute atomic E-state index is 8.73. The van der Waals surface area contributed by atoms with Crippen LogP contribution < -0.4 is 0 Å². The van der Waals surface area contributed by atoms with Gasteiger partial charge in [0, 0.05) is 13.7 Å². The van der Waals surface area contributed by atoms with Gasteiger partial charge in [0.05, 0.1) is 17.5 Å². The van der Waals surface area contributed by atoms with E-state index in [1.807, 2.05) is 17.5 Å². The molecule has 0 spiro atoms. The lowest BCUT2D eigenvalue weighted by atomic mass is 10.1. The number of hydrogen-bond acceptors (Lipinski definition) is 2. The summed E-state index contributed by atoms with van der Waals surface area (Å²) < 4.78 is 2.22. The van der Waals surface area contributed by atoms with Gasteiger partial charge >= 0.3 is 0 Å². The van der Waals surface area contributed by atoms with Crippen molar-refractivity contribution in [3.8, 4) is 6.07 Å². The van der Waals surface area contributed by atoms with Gasteiger partial charge in [-0.2, -0.15) is 5.26 Å². The minimum atomic E-state index is 0.451. The van der Waals surface area contributed by atoms with Crippen molar-refractivity contribution in [2.75, 3.05) is 0 Å². The number of rotatable bonds is 1. The molecule has 1 aromatic carbocycles. The minimum absolute atomic E-state index is 0.451. The average Bonchev–Trinajstić information content (AvgIpc) is 2.60. The molecule has 0 saturated carbocycles. The van der Waals surface area contributed by atoms with Crippen LogP contribution in [0.3, 0.4) is 0 Å². The summed E-state index contributed by atoms with van der Waals surface area (Å²) in [5.41, 5.74) is 1.10. The molecule has 1 aromatic heterocycles. The average molecular weight is 334 g/mol. The van der Waals surface area contributed by atoms with Gasteiger partial charge in [-0.1, -0.05) is 11.6 Å². The highest BCUT2D eigenvalue weighted by Crippen LogP contribution is 2.34. The summed E-state index contributed by atoms with van der Waals surface area (Å²) in [7, 11) is 0. The summed E-state index contributed by atoms with van der Waals surface area (Å²) in [4.78, 5) is 0. The SMILES string of the molecule is N#CCc1c(I)cc(Cl)c2ccsc12. The highest BCUT2D eigenvalue weighted by molar-refractivity contribution is 14.1. The van der Waals surface area contributed by atoms with E-state index in [1.54, 1.807) is 11.3 Å². The standard InChI is InChI=1S/C10H5ClINS/c11-8-5-9(12)7(1-3-13)10-6(8)2-4-14-10/h2,4-5H,1H2. The lowest BCUT2D eigenvalue weighted by molar-refractivity contribution is 1.28. The fraction of sp³-hybridized carbons (Fsp3) is 0.100. The number of fused-ring (bicyclic) bond motifs is 1. The van der Waals surface area contributed by atoms with Gasteiger partial charge in [-0.3, -0.25) is 0 Å². The topological polar surface area (TPSA) is 23.8 Å². The number of hydrogen-bond donors (Lipinski definition) is 0. The highest BCUT2D eigenvalue weighted by atomic mass is 127.